The molecule has 0 unspecified atom stereocenters. The first-order chi connectivity index (χ1) is 11.6. The number of benzene rings is 2. The van der Waals surface area contributed by atoms with Gasteiger partial charge < -0.3 is 15.1 Å². The Labute approximate surface area is 148 Å². The molecule has 0 aliphatic carbocycles. The van der Waals surface area contributed by atoms with Crippen LogP contribution in [0.4, 0.5) is 11.4 Å². The molecule has 1 saturated heterocycles. The summed E-state index contributed by atoms with van der Waals surface area (Å²) < 4.78 is 0. The van der Waals surface area contributed by atoms with Gasteiger partial charge in [0.1, 0.15) is 0 Å². The van der Waals surface area contributed by atoms with E-state index in [1.807, 2.05) is 42.5 Å². The maximum atomic E-state index is 12.4. The molecule has 0 saturated carbocycles. The van der Waals surface area contributed by atoms with Crippen molar-refractivity contribution in [1.29, 1.82) is 0 Å². The Morgan fingerprint density at radius 1 is 1.04 bits per heavy atom. The number of carbonyl (C=O) groups excluding carboxylic acids is 1. The summed E-state index contributed by atoms with van der Waals surface area (Å²) in [5.74, 6) is -0.0512. The molecular formula is C19H22ClN3O. The minimum absolute atomic E-state index is 0.0512. The minimum Gasteiger partial charge on any atom is -0.367 e. The minimum atomic E-state index is -0.0512. The zero-order valence-electron chi connectivity index (χ0n) is 13.8. The molecule has 0 spiro atoms. The predicted octanol–water partition coefficient (Wildman–Crippen LogP) is 3.27. The van der Waals surface area contributed by atoms with Crippen molar-refractivity contribution in [2.75, 3.05) is 43.4 Å². The van der Waals surface area contributed by atoms with Gasteiger partial charge in [-0.15, -0.1) is 0 Å². The quantitative estimate of drug-likeness (QED) is 0.925. The summed E-state index contributed by atoms with van der Waals surface area (Å²) in [5.41, 5.74) is 2.78. The third kappa shape index (κ3) is 4.08. The van der Waals surface area contributed by atoms with Crippen LogP contribution in [0.5, 0.6) is 0 Å². The highest BCUT2D eigenvalue weighted by Crippen LogP contribution is 2.27. The molecule has 1 aliphatic rings. The van der Waals surface area contributed by atoms with Gasteiger partial charge in [0.25, 0.3) is 0 Å². The Kier molecular flexibility index (Phi) is 5.38. The number of carbonyl (C=O) groups is 1. The molecule has 126 valence electrons. The molecule has 1 amide bonds. The van der Waals surface area contributed by atoms with Crippen LogP contribution >= 0.6 is 11.6 Å². The van der Waals surface area contributed by atoms with E-state index in [9.17, 15) is 4.79 Å². The largest absolute Gasteiger partial charge is 0.367 e. The van der Waals surface area contributed by atoms with Gasteiger partial charge in [-0.3, -0.25) is 4.79 Å². The Morgan fingerprint density at radius 2 is 1.71 bits per heavy atom. The van der Waals surface area contributed by atoms with Gasteiger partial charge in [-0.1, -0.05) is 41.9 Å². The third-order valence-electron chi connectivity index (χ3n) is 4.33. The van der Waals surface area contributed by atoms with Crippen LogP contribution in [-0.4, -0.2) is 44.0 Å². The SMILES string of the molecule is CN1CCN(c2ccccc2NC(=O)Cc2ccccc2Cl)CC1. The number of piperazine rings is 1. The normalized spacial score (nSPS) is 15.3. The lowest BCUT2D eigenvalue weighted by atomic mass is 10.1. The molecule has 0 bridgehead atoms. The fraction of sp³-hybridized carbons (Fsp3) is 0.316. The predicted molar refractivity (Wildman–Crippen MR) is 99.9 cm³/mol. The van der Waals surface area contributed by atoms with Crippen molar-refractivity contribution < 1.29 is 4.79 Å². The number of amides is 1. The number of para-hydroxylation sites is 2. The molecule has 1 fully saturated rings. The van der Waals surface area contributed by atoms with Gasteiger partial charge in [0, 0.05) is 31.2 Å². The lowest BCUT2D eigenvalue weighted by molar-refractivity contribution is -0.115. The van der Waals surface area contributed by atoms with Gasteiger partial charge in [-0.2, -0.15) is 0 Å². The van der Waals surface area contributed by atoms with Crippen molar-refractivity contribution >= 4 is 28.9 Å². The number of nitrogens with one attached hydrogen (secondary N) is 1. The zero-order chi connectivity index (χ0) is 16.9. The second kappa shape index (κ2) is 7.69. The van der Waals surface area contributed by atoms with Crippen molar-refractivity contribution in [3.8, 4) is 0 Å². The number of hydrogen-bond acceptors (Lipinski definition) is 3. The standard InChI is InChI=1S/C19H22ClN3O/c1-22-10-12-23(13-11-22)18-9-5-4-8-17(18)21-19(24)14-15-6-2-3-7-16(15)20/h2-9H,10-14H2,1H3,(H,21,24). The Hall–Kier alpha value is -2.04. The first-order valence-corrected chi connectivity index (χ1v) is 8.57. The van der Waals surface area contributed by atoms with E-state index in [1.54, 1.807) is 0 Å². The zero-order valence-corrected chi connectivity index (χ0v) is 14.6. The van der Waals surface area contributed by atoms with E-state index in [4.69, 9.17) is 11.6 Å². The summed E-state index contributed by atoms with van der Waals surface area (Å²) >= 11 is 6.15. The number of hydrogen-bond donors (Lipinski definition) is 1. The molecular weight excluding hydrogens is 322 g/mol. The van der Waals surface area contributed by atoms with E-state index >= 15 is 0 Å². The lowest BCUT2D eigenvalue weighted by Crippen LogP contribution is -2.44. The van der Waals surface area contributed by atoms with Crippen molar-refractivity contribution in [3.05, 3.63) is 59.1 Å². The van der Waals surface area contributed by atoms with Crippen LogP contribution in [0, 0.1) is 0 Å². The van der Waals surface area contributed by atoms with Crippen molar-refractivity contribution in [2.45, 2.75) is 6.42 Å². The highest BCUT2D eigenvalue weighted by Gasteiger charge is 2.17. The first-order valence-electron chi connectivity index (χ1n) is 8.19. The number of likely N-dealkylation sites (N-methyl/N-ethyl adjacent to an activating group) is 1. The summed E-state index contributed by atoms with van der Waals surface area (Å²) in [5, 5.41) is 3.67. The summed E-state index contributed by atoms with van der Waals surface area (Å²) in [7, 11) is 2.13. The van der Waals surface area contributed by atoms with Crippen molar-refractivity contribution in [3.63, 3.8) is 0 Å². The van der Waals surface area contributed by atoms with Crippen LogP contribution in [0.15, 0.2) is 48.5 Å². The molecule has 4 nitrogen and oxygen atoms in total. The van der Waals surface area contributed by atoms with Crippen LogP contribution in [0.3, 0.4) is 0 Å². The van der Waals surface area contributed by atoms with Gasteiger partial charge in [0.05, 0.1) is 17.8 Å². The third-order valence-corrected chi connectivity index (χ3v) is 4.70. The van der Waals surface area contributed by atoms with Crippen LogP contribution in [-0.2, 0) is 11.2 Å². The monoisotopic (exact) mass is 343 g/mol. The van der Waals surface area contributed by atoms with E-state index in [0.29, 0.717) is 5.02 Å². The van der Waals surface area contributed by atoms with E-state index in [2.05, 4.69) is 28.2 Å². The highest BCUT2D eigenvalue weighted by molar-refractivity contribution is 6.31. The number of rotatable bonds is 4. The molecule has 2 aromatic rings. The molecule has 0 atom stereocenters. The van der Waals surface area contributed by atoms with Crippen LogP contribution in [0.2, 0.25) is 5.02 Å². The first kappa shape index (κ1) is 16.8. The van der Waals surface area contributed by atoms with Gasteiger partial charge in [0.15, 0.2) is 0 Å². The molecule has 3 rings (SSSR count). The maximum absolute atomic E-state index is 12.4. The summed E-state index contributed by atoms with van der Waals surface area (Å²) in [6.07, 6.45) is 0.275. The second-order valence-corrected chi connectivity index (χ2v) is 6.53. The molecule has 2 aromatic carbocycles. The van der Waals surface area contributed by atoms with Gasteiger partial charge >= 0.3 is 0 Å². The average molecular weight is 344 g/mol. The molecule has 5 heteroatoms. The topological polar surface area (TPSA) is 35.6 Å². The molecule has 1 aliphatic heterocycles. The molecule has 0 radical (unpaired) electrons. The van der Waals surface area contributed by atoms with Crippen LogP contribution in [0.25, 0.3) is 0 Å². The molecule has 1 heterocycles. The summed E-state index contributed by atoms with van der Waals surface area (Å²) in [4.78, 5) is 17.1. The Balaban J connectivity index is 1.71. The van der Waals surface area contributed by atoms with E-state index < -0.39 is 0 Å². The van der Waals surface area contributed by atoms with Crippen molar-refractivity contribution in [1.82, 2.24) is 4.90 Å². The maximum Gasteiger partial charge on any atom is 0.228 e. The second-order valence-electron chi connectivity index (χ2n) is 6.12. The fourth-order valence-electron chi connectivity index (χ4n) is 2.91. The van der Waals surface area contributed by atoms with Gasteiger partial charge in [-0.05, 0) is 30.8 Å². The van der Waals surface area contributed by atoms with Crippen LogP contribution < -0.4 is 10.2 Å². The highest BCUT2D eigenvalue weighted by atomic mass is 35.5. The molecule has 0 aromatic heterocycles. The average Bonchev–Trinajstić information content (AvgIpc) is 2.58. The Bertz CT molecular complexity index is 711. The number of anilines is 2. The lowest BCUT2D eigenvalue weighted by Gasteiger charge is -2.35. The molecule has 1 N–H and O–H groups in total. The van der Waals surface area contributed by atoms with Crippen molar-refractivity contribution in [2.24, 2.45) is 0 Å². The summed E-state index contributed by atoms with van der Waals surface area (Å²) in [6, 6.07) is 15.4. The Morgan fingerprint density at radius 3 is 2.46 bits per heavy atom. The van der Waals surface area contributed by atoms with Gasteiger partial charge in [0.2, 0.25) is 5.91 Å². The van der Waals surface area contributed by atoms with E-state index in [0.717, 1.165) is 43.1 Å². The number of nitrogens with zero attached hydrogens (tertiary/aromatic N) is 2. The smallest absolute Gasteiger partial charge is 0.228 e. The van der Waals surface area contributed by atoms with E-state index in [1.165, 1.54) is 0 Å². The van der Waals surface area contributed by atoms with Gasteiger partial charge in [-0.25, -0.2) is 0 Å². The fourth-order valence-corrected chi connectivity index (χ4v) is 3.11. The molecule has 24 heavy (non-hydrogen) atoms. The van der Waals surface area contributed by atoms with Crippen LogP contribution in [0.1, 0.15) is 5.56 Å². The number of halogens is 1. The van der Waals surface area contributed by atoms with E-state index in [-0.39, 0.29) is 12.3 Å². The summed E-state index contributed by atoms with van der Waals surface area (Å²) in [6.45, 7) is 3.99.